The van der Waals surface area contributed by atoms with Crippen molar-refractivity contribution in [2.24, 2.45) is 5.92 Å². The van der Waals surface area contributed by atoms with E-state index in [1.165, 1.54) is 23.1 Å². The standard InChI is InChI=1S/C23H19F4N5O/c24-17-9-18-20(32-7-1-2-19(32)21(28)30-18)8-16(17)22(33)31(11-13-3-4-13)12-15-6-5-14(10-29-15)23(25,26)27/h1-2,5-10,13H,3-4,11-12H2,(H2,28,30). The fourth-order valence-corrected chi connectivity index (χ4v) is 3.87. The van der Waals surface area contributed by atoms with Gasteiger partial charge in [-0.15, -0.1) is 0 Å². The molecule has 1 saturated carbocycles. The van der Waals surface area contributed by atoms with E-state index in [1.807, 2.05) is 0 Å². The second-order valence-corrected chi connectivity index (χ2v) is 8.25. The van der Waals surface area contributed by atoms with Crippen LogP contribution in [-0.4, -0.2) is 31.7 Å². The van der Waals surface area contributed by atoms with Crippen molar-refractivity contribution >= 4 is 28.3 Å². The van der Waals surface area contributed by atoms with E-state index < -0.39 is 23.5 Å². The zero-order valence-corrected chi connectivity index (χ0v) is 17.3. The predicted octanol–water partition coefficient (Wildman–Crippen LogP) is 4.68. The van der Waals surface area contributed by atoms with Gasteiger partial charge in [0.1, 0.15) is 11.6 Å². The second kappa shape index (κ2) is 7.72. The third kappa shape index (κ3) is 4.08. The number of nitrogen functional groups attached to an aromatic ring is 1. The molecule has 3 heterocycles. The molecule has 1 aliphatic carbocycles. The van der Waals surface area contributed by atoms with Crippen LogP contribution < -0.4 is 5.73 Å². The largest absolute Gasteiger partial charge is 0.417 e. The van der Waals surface area contributed by atoms with Crippen LogP contribution in [0.3, 0.4) is 0 Å². The van der Waals surface area contributed by atoms with Crippen molar-refractivity contribution in [2.75, 3.05) is 12.3 Å². The highest BCUT2D eigenvalue weighted by molar-refractivity contribution is 5.98. The molecule has 2 N–H and O–H groups in total. The van der Waals surface area contributed by atoms with E-state index in [0.29, 0.717) is 28.8 Å². The summed E-state index contributed by atoms with van der Waals surface area (Å²) in [4.78, 5) is 22.9. The normalized spacial score (nSPS) is 14.2. The van der Waals surface area contributed by atoms with Crippen LogP contribution in [0.25, 0.3) is 16.6 Å². The summed E-state index contributed by atoms with van der Waals surface area (Å²) in [6.07, 6.45) is -0.125. The average Bonchev–Trinajstić information content (AvgIpc) is 3.44. The van der Waals surface area contributed by atoms with Gasteiger partial charge in [-0.1, -0.05) is 0 Å². The number of benzene rings is 1. The Morgan fingerprint density at radius 2 is 1.97 bits per heavy atom. The summed E-state index contributed by atoms with van der Waals surface area (Å²) in [5, 5.41) is 0. The third-order valence-corrected chi connectivity index (χ3v) is 5.77. The number of hydrogen-bond donors (Lipinski definition) is 1. The Bertz CT molecular complexity index is 1360. The van der Waals surface area contributed by atoms with Crippen LogP contribution in [0.4, 0.5) is 23.4 Å². The van der Waals surface area contributed by atoms with E-state index in [2.05, 4.69) is 9.97 Å². The van der Waals surface area contributed by atoms with Gasteiger partial charge in [0.25, 0.3) is 5.91 Å². The van der Waals surface area contributed by atoms with Crippen molar-refractivity contribution in [3.05, 3.63) is 71.4 Å². The minimum absolute atomic E-state index is 0.0239. The van der Waals surface area contributed by atoms with Gasteiger partial charge in [0.2, 0.25) is 0 Å². The summed E-state index contributed by atoms with van der Waals surface area (Å²) >= 11 is 0. The number of pyridine rings is 1. The molecule has 33 heavy (non-hydrogen) atoms. The van der Waals surface area contributed by atoms with Gasteiger partial charge in [-0.25, -0.2) is 9.37 Å². The lowest BCUT2D eigenvalue weighted by molar-refractivity contribution is -0.137. The highest BCUT2D eigenvalue weighted by atomic mass is 19.4. The molecule has 1 aromatic carbocycles. The van der Waals surface area contributed by atoms with Gasteiger partial charge in [0.15, 0.2) is 0 Å². The second-order valence-electron chi connectivity index (χ2n) is 8.25. The van der Waals surface area contributed by atoms with E-state index in [-0.39, 0.29) is 23.8 Å². The minimum atomic E-state index is -4.50. The highest BCUT2D eigenvalue weighted by Gasteiger charge is 2.32. The first kappa shape index (κ1) is 21.2. The number of hydrogen-bond acceptors (Lipinski definition) is 4. The molecule has 0 atom stereocenters. The molecule has 0 saturated heterocycles. The Kier molecular flexibility index (Phi) is 4.95. The first-order valence-corrected chi connectivity index (χ1v) is 10.4. The van der Waals surface area contributed by atoms with Crippen LogP contribution in [0.5, 0.6) is 0 Å². The molecule has 1 amide bonds. The van der Waals surface area contributed by atoms with Gasteiger partial charge in [0.05, 0.1) is 39.9 Å². The number of nitrogens with zero attached hydrogens (tertiary/aromatic N) is 4. The number of carbonyl (C=O) groups excluding carboxylic acids is 1. The lowest BCUT2D eigenvalue weighted by Gasteiger charge is -2.23. The van der Waals surface area contributed by atoms with E-state index in [1.54, 1.807) is 22.7 Å². The third-order valence-electron chi connectivity index (χ3n) is 5.77. The van der Waals surface area contributed by atoms with Crippen molar-refractivity contribution in [2.45, 2.75) is 25.6 Å². The van der Waals surface area contributed by atoms with E-state index in [0.717, 1.165) is 25.1 Å². The van der Waals surface area contributed by atoms with Gasteiger partial charge >= 0.3 is 6.18 Å². The number of alkyl halides is 3. The molecule has 5 rings (SSSR count). The van der Waals surface area contributed by atoms with Gasteiger partial charge in [0, 0.05) is 25.0 Å². The number of aromatic nitrogens is 3. The molecule has 0 spiro atoms. The number of rotatable bonds is 5. The number of anilines is 1. The van der Waals surface area contributed by atoms with Crippen molar-refractivity contribution in [3.8, 4) is 0 Å². The number of nitrogens with two attached hydrogens (primary N) is 1. The molecule has 3 aromatic heterocycles. The zero-order chi connectivity index (χ0) is 23.3. The van der Waals surface area contributed by atoms with Crippen LogP contribution in [0.1, 0.15) is 34.5 Å². The lowest BCUT2D eigenvalue weighted by atomic mass is 10.1. The molecule has 1 aliphatic rings. The molecule has 170 valence electrons. The molecule has 10 heteroatoms. The van der Waals surface area contributed by atoms with Gasteiger partial charge in [-0.2, -0.15) is 13.2 Å². The number of carbonyl (C=O) groups is 1. The maximum absolute atomic E-state index is 15.0. The molecular weight excluding hydrogens is 438 g/mol. The lowest BCUT2D eigenvalue weighted by Crippen LogP contribution is -2.33. The topological polar surface area (TPSA) is 76.5 Å². The molecule has 1 fully saturated rings. The fraction of sp³-hybridized carbons (Fsp3) is 0.261. The van der Waals surface area contributed by atoms with Crippen molar-refractivity contribution in [1.29, 1.82) is 0 Å². The molecule has 0 unspecified atom stereocenters. The maximum Gasteiger partial charge on any atom is 0.417 e. The summed E-state index contributed by atoms with van der Waals surface area (Å²) in [7, 11) is 0. The smallest absolute Gasteiger partial charge is 0.382 e. The SMILES string of the molecule is Nc1nc2cc(F)c(C(=O)N(Cc3ccc(C(F)(F)F)cn3)CC3CC3)cc2n2cccc12. The molecule has 0 aliphatic heterocycles. The minimum Gasteiger partial charge on any atom is -0.382 e. The van der Waals surface area contributed by atoms with E-state index in [4.69, 9.17) is 5.73 Å². The molecular formula is C23H19F4N5O. The van der Waals surface area contributed by atoms with E-state index in [9.17, 15) is 22.4 Å². The first-order valence-electron chi connectivity index (χ1n) is 10.4. The quantitative estimate of drug-likeness (QED) is 0.442. The van der Waals surface area contributed by atoms with Gasteiger partial charge in [-0.05, 0) is 49.1 Å². The molecule has 6 nitrogen and oxygen atoms in total. The monoisotopic (exact) mass is 457 g/mol. The Morgan fingerprint density at radius 1 is 1.18 bits per heavy atom. The zero-order valence-electron chi connectivity index (χ0n) is 17.3. The van der Waals surface area contributed by atoms with Crippen molar-refractivity contribution in [1.82, 2.24) is 19.3 Å². The summed E-state index contributed by atoms with van der Waals surface area (Å²) in [5.41, 5.74) is 6.69. The van der Waals surface area contributed by atoms with Gasteiger partial charge in [-0.3, -0.25) is 9.78 Å². The Morgan fingerprint density at radius 3 is 2.64 bits per heavy atom. The summed E-state index contributed by atoms with van der Waals surface area (Å²) in [6.45, 7) is 0.349. The highest BCUT2D eigenvalue weighted by Crippen LogP contribution is 2.32. The number of halogens is 4. The van der Waals surface area contributed by atoms with Crippen LogP contribution >= 0.6 is 0 Å². The molecule has 0 radical (unpaired) electrons. The summed E-state index contributed by atoms with van der Waals surface area (Å²) in [5.74, 6) is -0.772. The van der Waals surface area contributed by atoms with Crippen LogP contribution in [0.2, 0.25) is 0 Å². The van der Waals surface area contributed by atoms with Crippen molar-refractivity contribution in [3.63, 3.8) is 0 Å². The van der Waals surface area contributed by atoms with Crippen LogP contribution in [0, 0.1) is 11.7 Å². The number of amides is 1. The van der Waals surface area contributed by atoms with Crippen LogP contribution in [-0.2, 0) is 12.7 Å². The van der Waals surface area contributed by atoms with Gasteiger partial charge < -0.3 is 15.0 Å². The maximum atomic E-state index is 15.0. The van der Waals surface area contributed by atoms with Crippen molar-refractivity contribution < 1.29 is 22.4 Å². The Hall–Kier alpha value is -3.69. The number of fused-ring (bicyclic) bond motifs is 3. The predicted molar refractivity (Wildman–Crippen MR) is 114 cm³/mol. The average molecular weight is 457 g/mol. The van der Waals surface area contributed by atoms with Crippen LogP contribution in [0.15, 0.2) is 48.8 Å². The summed E-state index contributed by atoms with van der Waals surface area (Å²) < 4.78 is 55.2. The van der Waals surface area contributed by atoms with E-state index >= 15 is 0 Å². The molecule has 4 aromatic rings. The first-order chi connectivity index (χ1) is 15.7. The Balaban J connectivity index is 1.50. The molecule has 0 bridgehead atoms. The summed E-state index contributed by atoms with van der Waals surface area (Å²) in [6, 6.07) is 8.31. The fourth-order valence-electron chi connectivity index (χ4n) is 3.87. The Labute approximate surface area is 185 Å².